The summed E-state index contributed by atoms with van der Waals surface area (Å²) >= 11 is 0. The third-order valence-corrected chi connectivity index (χ3v) is 3.58. The zero-order valence-corrected chi connectivity index (χ0v) is 10.00. The highest BCUT2D eigenvalue weighted by atomic mass is 15.1. The Morgan fingerprint density at radius 2 is 2.14 bits per heavy atom. The van der Waals surface area contributed by atoms with Crippen LogP contribution < -0.4 is 5.73 Å². The highest BCUT2D eigenvalue weighted by Crippen LogP contribution is 2.19. The van der Waals surface area contributed by atoms with Crippen LogP contribution >= 0.6 is 0 Å². The van der Waals surface area contributed by atoms with Crippen LogP contribution in [0.4, 0.5) is 0 Å². The summed E-state index contributed by atoms with van der Waals surface area (Å²) in [5, 5.41) is 0. The van der Waals surface area contributed by atoms with E-state index in [1.807, 2.05) is 0 Å². The monoisotopic (exact) mass is 198 g/mol. The summed E-state index contributed by atoms with van der Waals surface area (Å²) in [5.41, 5.74) is 6.04. The molecule has 0 aromatic rings. The van der Waals surface area contributed by atoms with Crippen molar-refractivity contribution in [3.8, 4) is 0 Å². The van der Waals surface area contributed by atoms with Gasteiger partial charge in [0.1, 0.15) is 0 Å². The van der Waals surface area contributed by atoms with Crippen molar-refractivity contribution in [3.63, 3.8) is 0 Å². The number of nitrogens with two attached hydrogens (primary N) is 1. The topological polar surface area (TPSA) is 29.3 Å². The fourth-order valence-corrected chi connectivity index (χ4v) is 2.11. The van der Waals surface area contributed by atoms with Gasteiger partial charge in [0, 0.05) is 12.6 Å². The van der Waals surface area contributed by atoms with E-state index in [2.05, 4.69) is 25.7 Å². The lowest BCUT2D eigenvalue weighted by atomic mass is 10.0. The lowest BCUT2D eigenvalue weighted by Gasteiger charge is -2.20. The van der Waals surface area contributed by atoms with Gasteiger partial charge in [0.05, 0.1) is 0 Å². The summed E-state index contributed by atoms with van der Waals surface area (Å²) in [6.45, 7) is 10.5. The Hall–Kier alpha value is -0.0800. The van der Waals surface area contributed by atoms with Crippen molar-refractivity contribution in [1.29, 1.82) is 0 Å². The van der Waals surface area contributed by atoms with Crippen molar-refractivity contribution in [2.75, 3.05) is 19.6 Å². The van der Waals surface area contributed by atoms with Crippen LogP contribution in [-0.4, -0.2) is 30.6 Å². The standard InChI is InChI=1S/C12H26N2/c1-4-11-5-7-14(9-11)8-6-12(13)10(2)3/h10-12H,4-9,13H2,1-3H3. The molecule has 0 aromatic carbocycles. The van der Waals surface area contributed by atoms with Crippen LogP contribution in [-0.2, 0) is 0 Å². The minimum absolute atomic E-state index is 0.385. The molecule has 0 aliphatic carbocycles. The predicted octanol–water partition coefficient (Wildman–Crippen LogP) is 2.09. The zero-order valence-electron chi connectivity index (χ0n) is 10.00. The van der Waals surface area contributed by atoms with Gasteiger partial charge in [0.2, 0.25) is 0 Å². The molecule has 1 heterocycles. The number of hydrogen-bond donors (Lipinski definition) is 1. The van der Waals surface area contributed by atoms with Gasteiger partial charge in [-0.3, -0.25) is 0 Å². The highest BCUT2D eigenvalue weighted by Gasteiger charge is 2.21. The molecular formula is C12H26N2. The molecule has 1 fully saturated rings. The molecule has 1 rings (SSSR count). The quantitative estimate of drug-likeness (QED) is 0.733. The Labute approximate surface area is 88.8 Å². The maximum absolute atomic E-state index is 6.04. The Balaban J connectivity index is 2.14. The molecule has 2 unspecified atom stereocenters. The third kappa shape index (κ3) is 3.58. The van der Waals surface area contributed by atoms with E-state index in [9.17, 15) is 0 Å². The van der Waals surface area contributed by atoms with Crippen LogP contribution in [0, 0.1) is 11.8 Å². The van der Waals surface area contributed by atoms with Crippen molar-refractivity contribution in [2.45, 2.75) is 46.1 Å². The van der Waals surface area contributed by atoms with E-state index >= 15 is 0 Å². The molecule has 84 valence electrons. The van der Waals surface area contributed by atoms with E-state index in [1.165, 1.54) is 32.5 Å². The lowest BCUT2D eigenvalue weighted by molar-refractivity contribution is 0.294. The third-order valence-electron chi connectivity index (χ3n) is 3.58. The fraction of sp³-hybridized carbons (Fsp3) is 1.00. The maximum Gasteiger partial charge on any atom is 0.00740 e. The Morgan fingerprint density at radius 1 is 1.43 bits per heavy atom. The molecule has 2 N–H and O–H groups in total. The van der Waals surface area contributed by atoms with Crippen LogP contribution in [0.5, 0.6) is 0 Å². The SMILES string of the molecule is CCC1CCN(CCC(N)C(C)C)C1. The summed E-state index contributed by atoms with van der Waals surface area (Å²) in [7, 11) is 0. The molecule has 2 atom stereocenters. The van der Waals surface area contributed by atoms with E-state index in [-0.39, 0.29) is 0 Å². The van der Waals surface area contributed by atoms with Crippen molar-refractivity contribution >= 4 is 0 Å². The normalized spacial score (nSPS) is 25.9. The van der Waals surface area contributed by atoms with Crippen LogP contribution in [0.1, 0.15) is 40.0 Å². The second-order valence-corrected chi connectivity index (χ2v) is 5.06. The highest BCUT2D eigenvalue weighted by molar-refractivity contribution is 4.76. The van der Waals surface area contributed by atoms with E-state index in [1.54, 1.807) is 0 Å². The van der Waals surface area contributed by atoms with Gasteiger partial charge < -0.3 is 10.6 Å². The van der Waals surface area contributed by atoms with Crippen molar-refractivity contribution in [2.24, 2.45) is 17.6 Å². The van der Waals surface area contributed by atoms with Crippen LogP contribution in [0.3, 0.4) is 0 Å². The molecule has 0 aromatic heterocycles. The molecular weight excluding hydrogens is 172 g/mol. The number of nitrogens with zero attached hydrogens (tertiary/aromatic N) is 1. The molecule has 0 saturated carbocycles. The molecule has 0 amide bonds. The van der Waals surface area contributed by atoms with Crippen molar-refractivity contribution < 1.29 is 0 Å². The van der Waals surface area contributed by atoms with Gasteiger partial charge in [0.15, 0.2) is 0 Å². The van der Waals surface area contributed by atoms with Gasteiger partial charge in [-0.2, -0.15) is 0 Å². The minimum atomic E-state index is 0.385. The Kier molecular flexibility index (Phi) is 4.90. The fourth-order valence-electron chi connectivity index (χ4n) is 2.11. The molecule has 0 spiro atoms. The second-order valence-electron chi connectivity index (χ2n) is 5.06. The molecule has 0 bridgehead atoms. The molecule has 0 radical (unpaired) electrons. The number of likely N-dealkylation sites (tertiary alicyclic amines) is 1. The van der Waals surface area contributed by atoms with Crippen molar-refractivity contribution in [3.05, 3.63) is 0 Å². The van der Waals surface area contributed by atoms with Gasteiger partial charge in [-0.1, -0.05) is 27.2 Å². The van der Waals surface area contributed by atoms with E-state index in [0.717, 1.165) is 12.3 Å². The summed E-state index contributed by atoms with van der Waals surface area (Å²) in [5.74, 6) is 1.57. The van der Waals surface area contributed by atoms with Gasteiger partial charge in [-0.15, -0.1) is 0 Å². The molecule has 1 aliphatic heterocycles. The first kappa shape index (κ1) is 12.0. The Morgan fingerprint density at radius 3 is 2.64 bits per heavy atom. The van der Waals surface area contributed by atoms with E-state index in [4.69, 9.17) is 5.73 Å². The van der Waals surface area contributed by atoms with E-state index in [0.29, 0.717) is 12.0 Å². The van der Waals surface area contributed by atoms with Crippen LogP contribution in [0.25, 0.3) is 0 Å². The predicted molar refractivity (Wildman–Crippen MR) is 62.3 cm³/mol. The first-order valence-corrected chi connectivity index (χ1v) is 6.11. The van der Waals surface area contributed by atoms with Gasteiger partial charge in [-0.05, 0) is 37.8 Å². The summed E-state index contributed by atoms with van der Waals surface area (Å²) in [6.07, 6.45) is 3.90. The zero-order chi connectivity index (χ0) is 10.6. The van der Waals surface area contributed by atoms with Crippen LogP contribution in [0.15, 0.2) is 0 Å². The lowest BCUT2D eigenvalue weighted by Crippen LogP contribution is -2.32. The number of hydrogen-bond acceptors (Lipinski definition) is 2. The van der Waals surface area contributed by atoms with Gasteiger partial charge in [-0.25, -0.2) is 0 Å². The molecule has 1 aliphatic rings. The van der Waals surface area contributed by atoms with Crippen molar-refractivity contribution in [1.82, 2.24) is 4.90 Å². The van der Waals surface area contributed by atoms with Gasteiger partial charge in [0.25, 0.3) is 0 Å². The van der Waals surface area contributed by atoms with E-state index < -0.39 is 0 Å². The molecule has 2 heteroatoms. The first-order valence-electron chi connectivity index (χ1n) is 6.11. The molecule has 14 heavy (non-hydrogen) atoms. The molecule has 1 saturated heterocycles. The number of rotatable bonds is 5. The minimum Gasteiger partial charge on any atom is -0.327 e. The van der Waals surface area contributed by atoms with Crippen LogP contribution in [0.2, 0.25) is 0 Å². The first-order chi connectivity index (χ1) is 6.63. The summed E-state index contributed by atoms with van der Waals surface area (Å²) in [4.78, 5) is 2.58. The maximum atomic E-state index is 6.04. The average Bonchev–Trinajstić information content (AvgIpc) is 2.61. The largest absolute Gasteiger partial charge is 0.327 e. The summed E-state index contributed by atoms with van der Waals surface area (Å²) < 4.78 is 0. The second kappa shape index (κ2) is 5.72. The summed E-state index contributed by atoms with van der Waals surface area (Å²) in [6, 6.07) is 0.385. The molecule has 2 nitrogen and oxygen atoms in total. The Bertz CT molecular complexity index is 156. The smallest absolute Gasteiger partial charge is 0.00740 e. The van der Waals surface area contributed by atoms with Gasteiger partial charge >= 0.3 is 0 Å². The average molecular weight is 198 g/mol.